The van der Waals surface area contributed by atoms with Crippen molar-refractivity contribution in [1.29, 1.82) is 0 Å². The van der Waals surface area contributed by atoms with Crippen molar-refractivity contribution in [2.24, 2.45) is 0 Å². The maximum absolute atomic E-state index is 12.5. The zero-order valence-corrected chi connectivity index (χ0v) is 17.5. The van der Waals surface area contributed by atoms with Gasteiger partial charge < -0.3 is 10.4 Å². The molecule has 1 aromatic carbocycles. The minimum atomic E-state index is -1.16. The van der Waals surface area contributed by atoms with Crippen molar-refractivity contribution >= 4 is 56.8 Å². The Morgan fingerprint density at radius 2 is 2.04 bits per heavy atom. The zero-order valence-electron chi connectivity index (χ0n) is 14.4. The molecule has 1 unspecified atom stereocenters. The average Bonchev–Trinajstić information content (AvgIpc) is 3.25. The third kappa shape index (κ3) is 4.37. The van der Waals surface area contributed by atoms with Gasteiger partial charge in [0.15, 0.2) is 5.82 Å². The molecular formula is C17H14BrCl2N5O3. The number of carboxylic acid groups (broad SMARTS) is 1. The summed E-state index contributed by atoms with van der Waals surface area (Å²) in [5, 5.41) is 21.0. The van der Waals surface area contributed by atoms with Gasteiger partial charge in [-0.3, -0.25) is 9.48 Å². The number of carboxylic acids is 1. The molecular weight excluding hydrogens is 473 g/mol. The lowest BCUT2D eigenvalue weighted by Gasteiger charge is -2.13. The number of anilines is 1. The molecule has 0 aliphatic rings. The molecule has 8 nitrogen and oxygen atoms in total. The summed E-state index contributed by atoms with van der Waals surface area (Å²) in [4.78, 5) is 23.7. The topological polar surface area (TPSA) is 102 Å². The minimum absolute atomic E-state index is 0.0770. The third-order valence-electron chi connectivity index (χ3n) is 3.92. The first kappa shape index (κ1) is 20.4. The van der Waals surface area contributed by atoms with Crippen LogP contribution in [0.1, 0.15) is 29.0 Å². The predicted molar refractivity (Wildman–Crippen MR) is 108 cm³/mol. The van der Waals surface area contributed by atoms with Crippen molar-refractivity contribution in [2.45, 2.75) is 19.5 Å². The Balaban J connectivity index is 1.74. The molecule has 3 rings (SSSR count). The summed E-state index contributed by atoms with van der Waals surface area (Å²) in [6.07, 6.45) is 3.04. The quantitative estimate of drug-likeness (QED) is 0.546. The van der Waals surface area contributed by atoms with Gasteiger partial charge in [-0.05, 0) is 46.6 Å². The summed E-state index contributed by atoms with van der Waals surface area (Å²) < 4.78 is 3.34. The number of carbonyl (C=O) groups excluding carboxylic acids is 1. The number of carbonyl (C=O) groups is 2. The number of hydrogen-bond donors (Lipinski definition) is 2. The smallest absolute Gasteiger partial charge is 0.354 e. The average molecular weight is 487 g/mol. The van der Waals surface area contributed by atoms with Crippen molar-refractivity contribution in [1.82, 2.24) is 19.6 Å². The number of aromatic nitrogens is 4. The van der Waals surface area contributed by atoms with Crippen molar-refractivity contribution in [3.8, 4) is 0 Å². The molecule has 0 fully saturated rings. The van der Waals surface area contributed by atoms with Crippen molar-refractivity contribution in [3.05, 3.63) is 62.4 Å². The molecule has 2 heterocycles. The van der Waals surface area contributed by atoms with Crippen molar-refractivity contribution < 1.29 is 14.7 Å². The van der Waals surface area contributed by atoms with E-state index in [9.17, 15) is 9.59 Å². The van der Waals surface area contributed by atoms with E-state index >= 15 is 0 Å². The van der Waals surface area contributed by atoms with Crippen LogP contribution in [0.3, 0.4) is 0 Å². The molecule has 146 valence electrons. The second kappa shape index (κ2) is 8.34. The van der Waals surface area contributed by atoms with Crippen LogP contribution in [0.25, 0.3) is 0 Å². The lowest BCUT2D eigenvalue weighted by molar-refractivity contribution is -0.119. The molecule has 28 heavy (non-hydrogen) atoms. The van der Waals surface area contributed by atoms with Gasteiger partial charge in [0, 0.05) is 12.4 Å². The normalized spacial score (nSPS) is 12.0. The maximum atomic E-state index is 12.5. The van der Waals surface area contributed by atoms with E-state index < -0.39 is 17.9 Å². The molecule has 0 bridgehead atoms. The van der Waals surface area contributed by atoms with Crippen LogP contribution in [-0.2, 0) is 11.3 Å². The van der Waals surface area contributed by atoms with Crippen LogP contribution in [0.4, 0.5) is 5.82 Å². The van der Waals surface area contributed by atoms with Crippen LogP contribution in [0.2, 0.25) is 10.0 Å². The first-order chi connectivity index (χ1) is 13.3. The van der Waals surface area contributed by atoms with Gasteiger partial charge in [0.05, 0.1) is 21.1 Å². The molecule has 0 aliphatic carbocycles. The summed E-state index contributed by atoms with van der Waals surface area (Å²) in [7, 11) is 0. The van der Waals surface area contributed by atoms with E-state index in [0.717, 1.165) is 10.2 Å². The Bertz CT molecular complexity index is 1050. The molecule has 1 amide bonds. The summed E-state index contributed by atoms with van der Waals surface area (Å²) >= 11 is 15.3. The van der Waals surface area contributed by atoms with E-state index in [1.165, 1.54) is 12.3 Å². The number of rotatable bonds is 6. The molecule has 1 atom stereocenters. The highest BCUT2D eigenvalue weighted by Gasteiger charge is 2.23. The van der Waals surface area contributed by atoms with Crippen molar-refractivity contribution in [2.75, 3.05) is 5.32 Å². The second-order valence-corrected chi connectivity index (χ2v) is 7.57. The number of halogens is 3. The first-order valence-electron chi connectivity index (χ1n) is 8.01. The van der Waals surface area contributed by atoms with Crippen LogP contribution < -0.4 is 5.32 Å². The molecule has 0 saturated heterocycles. The fraction of sp³-hybridized carbons (Fsp3) is 0.176. The Morgan fingerprint density at radius 1 is 1.29 bits per heavy atom. The highest BCUT2D eigenvalue weighted by atomic mass is 79.9. The molecule has 3 aromatic rings. The van der Waals surface area contributed by atoms with E-state index in [-0.39, 0.29) is 5.69 Å². The maximum Gasteiger partial charge on any atom is 0.354 e. The van der Waals surface area contributed by atoms with Crippen LogP contribution in [0.15, 0.2) is 41.1 Å². The van der Waals surface area contributed by atoms with Gasteiger partial charge >= 0.3 is 5.97 Å². The summed E-state index contributed by atoms with van der Waals surface area (Å²) in [6, 6.07) is 5.76. The van der Waals surface area contributed by atoms with Gasteiger partial charge in [-0.25, -0.2) is 9.48 Å². The number of aromatic carboxylic acids is 1. The molecule has 2 aromatic heterocycles. The predicted octanol–water partition coefficient (Wildman–Crippen LogP) is 4.10. The van der Waals surface area contributed by atoms with Crippen LogP contribution in [-0.4, -0.2) is 36.5 Å². The summed E-state index contributed by atoms with van der Waals surface area (Å²) in [5.74, 6) is -1.31. The fourth-order valence-electron chi connectivity index (χ4n) is 2.51. The van der Waals surface area contributed by atoms with Gasteiger partial charge in [-0.2, -0.15) is 10.2 Å². The standard InChI is InChI=1S/C17H14BrCl2N5O3/c1-9(25-14(17(27)28)4-5-21-25)16(26)22-15-11(18)8-24(23-15)7-10-2-3-12(19)13(20)6-10/h2-6,8-9H,7H2,1H3,(H,27,28)(H,22,23,26). The summed E-state index contributed by atoms with van der Waals surface area (Å²) in [6.45, 7) is 1.97. The van der Waals surface area contributed by atoms with E-state index in [1.807, 2.05) is 6.07 Å². The molecule has 0 radical (unpaired) electrons. The van der Waals surface area contributed by atoms with E-state index in [1.54, 1.807) is 29.9 Å². The van der Waals surface area contributed by atoms with Crippen LogP contribution in [0, 0.1) is 0 Å². The second-order valence-electron chi connectivity index (χ2n) is 5.90. The van der Waals surface area contributed by atoms with E-state index in [2.05, 4.69) is 31.4 Å². The van der Waals surface area contributed by atoms with Gasteiger partial charge in [0.1, 0.15) is 11.7 Å². The van der Waals surface area contributed by atoms with Crippen LogP contribution in [0.5, 0.6) is 0 Å². The Kier molecular flexibility index (Phi) is 6.07. The highest BCUT2D eigenvalue weighted by molar-refractivity contribution is 9.10. The number of hydrogen-bond acceptors (Lipinski definition) is 4. The Labute approximate surface area is 178 Å². The molecule has 11 heteroatoms. The van der Waals surface area contributed by atoms with Gasteiger partial charge in [-0.1, -0.05) is 29.3 Å². The monoisotopic (exact) mass is 485 g/mol. The number of nitrogens with one attached hydrogen (secondary N) is 1. The molecule has 0 spiro atoms. The van der Waals surface area contributed by atoms with E-state index in [0.29, 0.717) is 26.9 Å². The highest BCUT2D eigenvalue weighted by Crippen LogP contribution is 2.25. The van der Waals surface area contributed by atoms with Crippen LogP contribution >= 0.6 is 39.1 Å². The Morgan fingerprint density at radius 3 is 2.71 bits per heavy atom. The van der Waals surface area contributed by atoms with E-state index in [4.69, 9.17) is 28.3 Å². The SMILES string of the molecule is CC(C(=O)Nc1nn(Cc2ccc(Cl)c(Cl)c2)cc1Br)n1nccc1C(=O)O. The molecule has 2 N–H and O–H groups in total. The fourth-order valence-corrected chi connectivity index (χ4v) is 3.25. The zero-order chi connectivity index (χ0) is 20.4. The Hall–Kier alpha value is -2.36. The number of amides is 1. The number of nitrogens with zero attached hydrogens (tertiary/aromatic N) is 4. The lowest BCUT2D eigenvalue weighted by atomic mass is 10.2. The van der Waals surface area contributed by atoms with Gasteiger partial charge in [0.2, 0.25) is 5.91 Å². The largest absolute Gasteiger partial charge is 0.477 e. The minimum Gasteiger partial charge on any atom is -0.477 e. The van der Waals surface area contributed by atoms with Gasteiger partial charge in [-0.15, -0.1) is 0 Å². The molecule has 0 aliphatic heterocycles. The number of benzene rings is 1. The summed E-state index contributed by atoms with van der Waals surface area (Å²) in [5.41, 5.74) is 0.810. The third-order valence-corrected chi connectivity index (χ3v) is 5.24. The first-order valence-corrected chi connectivity index (χ1v) is 9.55. The van der Waals surface area contributed by atoms with Gasteiger partial charge in [0.25, 0.3) is 0 Å². The lowest BCUT2D eigenvalue weighted by Crippen LogP contribution is -2.27. The van der Waals surface area contributed by atoms with Crippen molar-refractivity contribution in [3.63, 3.8) is 0 Å². The molecule has 0 saturated carbocycles.